The Morgan fingerprint density at radius 2 is 2.06 bits per heavy atom. The number of carbonyl (C=O) groups is 1. The highest BCUT2D eigenvalue weighted by Crippen LogP contribution is 2.31. The normalized spacial score (nSPS) is 21.4. The molecule has 0 bridgehead atoms. The van der Waals surface area contributed by atoms with Crippen LogP contribution in [0.5, 0.6) is 0 Å². The average molecular weight is 247 g/mol. The number of hydrogen-bond donors (Lipinski definition) is 2. The number of nitrogens with two attached hydrogens (primary N) is 2. The van der Waals surface area contributed by atoms with Crippen LogP contribution < -0.4 is 11.5 Å². The van der Waals surface area contributed by atoms with Crippen LogP contribution in [0.4, 0.5) is 5.69 Å². The van der Waals surface area contributed by atoms with Crippen LogP contribution in [0.2, 0.25) is 0 Å². The van der Waals surface area contributed by atoms with Crippen molar-refractivity contribution in [3.05, 3.63) is 29.8 Å². The molecule has 1 aromatic rings. The van der Waals surface area contributed by atoms with Crippen molar-refractivity contribution in [2.75, 3.05) is 25.4 Å². The summed E-state index contributed by atoms with van der Waals surface area (Å²) in [7, 11) is 0. The standard InChI is InChI=1S/C14H21N3O/c15-13-6-2-1-5-12(13)11-4-3-8-17(9-7-11)10-14(16)18/h1-2,5-6,11H,3-4,7-10,15H2,(H2,16,18). The predicted molar refractivity (Wildman–Crippen MR) is 73.1 cm³/mol. The van der Waals surface area contributed by atoms with Gasteiger partial charge in [-0.15, -0.1) is 0 Å². The molecule has 1 heterocycles. The minimum Gasteiger partial charge on any atom is -0.398 e. The number of rotatable bonds is 3. The van der Waals surface area contributed by atoms with Crippen LogP contribution in [-0.2, 0) is 4.79 Å². The summed E-state index contributed by atoms with van der Waals surface area (Å²) >= 11 is 0. The zero-order valence-electron chi connectivity index (χ0n) is 10.6. The number of likely N-dealkylation sites (tertiary alicyclic amines) is 1. The lowest BCUT2D eigenvalue weighted by atomic mass is 9.91. The van der Waals surface area contributed by atoms with Gasteiger partial charge >= 0.3 is 0 Å². The van der Waals surface area contributed by atoms with Gasteiger partial charge in [-0.1, -0.05) is 18.2 Å². The number of benzene rings is 1. The van der Waals surface area contributed by atoms with Gasteiger partial charge in [0.2, 0.25) is 5.91 Å². The van der Waals surface area contributed by atoms with E-state index in [0.29, 0.717) is 12.5 Å². The molecule has 0 spiro atoms. The van der Waals surface area contributed by atoms with Crippen LogP contribution in [-0.4, -0.2) is 30.4 Å². The third kappa shape index (κ3) is 3.23. The quantitative estimate of drug-likeness (QED) is 0.791. The number of carbonyl (C=O) groups excluding carboxylic acids is 1. The molecule has 4 N–H and O–H groups in total. The van der Waals surface area contributed by atoms with Gasteiger partial charge in [0, 0.05) is 5.69 Å². The molecule has 0 aromatic heterocycles. The van der Waals surface area contributed by atoms with Gasteiger partial charge in [-0.2, -0.15) is 0 Å². The first-order valence-corrected chi connectivity index (χ1v) is 6.52. The zero-order chi connectivity index (χ0) is 13.0. The summed E-state index contributed by atoms with van der Waals surface area (Å²) in [6, 6.07) is 8.08. The Hall–Kier alpha value is -1.55. The molecule has 1 fully saturated rings. The molecule has 18 heavy (non-hydrogen) atoms. The van der Waals surface area contributed by atoms with Gasteiger partial charge in [0.25, 0.3) is 0 Å². The highest BCUT2D eigenvalue weighted by molar-refractivity contribution is 5.75. The lowest BCUT2D eigenvalue weighted by molar-refractivity contribution is -0.119. The summed E-state index contributed by atoms with van der Waals surface area (Å²) in [5.41, 5.74) is 13.4. The molecule has 0 saturated carbocycles. The number of anilines is 1. The van der Waals surface area contributed by atoms with E-state index in [1.54, 1.807) is 0 Å². The molecule has 1 aliphatic heterocycles. The largest absolute Gasteiger partial charge is 0.398 e. The molecule has 2 rings (SSSR count). The maximum atomic E-state index is 10.9. The Labute approximate surface area is 108 Å². The minimum atomic E-state index is -0.243. The summed E-state index contributed by atoms with van der Waals surface area (Å²) in [5, 5.41) is 0. The van der Waals surface area contributed by atoms with Crippen LogP contribution in [0, 0.1) is 0 Å². The lowest BCUT2D eigenvalue weighted by Gasteiger charge is -2.19. The Kier molecular flexibility index (Phi) is 4.20. The van der Waals surface area contributed by atoms with Gasteiger partial charge < -0.3 is 11.5 Å². The molecule has 1 atom stereocenters. The number of para-hydroxylation sites is 1. The third-order valence-corrected chi connectivity index (χ3v) is 3.64. The van der Waals surface area contributed by atoms with E-state index in [2.05, 4.69) is 11.0 Å². The van der Waals surface area contributed by atoms with Gasteiger partial charge in [-0.3, -0.25) is 9.69 Å². The highest BCUT2D eigenvalue weighted by atomic mass is 16.1. The summed E-state index contributed by atoms with van der Waals surface area (Å²) in [5.74, 6) is 0.261. The molecule has 0 aliphatic carbocycles. The fraction of sp³-hybridized carbons (Fsp3) is 0.500. The van der Waals surface area contributed by atoms with Gasteiger partial charge in [-0.25, -0.2) is 0 Å². The molecule has 4 heteroatoms. The van der Waals surface area contributed by atoms with E-state index in [9.17, 15) is 4.79 Å². The van der Waals surface area contributed by atoms with E-state index < -0.39 is 0 Å². The summed E-state index contributed by atoms with van der Waals surface area (Å²) in [4.78, 5) is 13.1. The maximum Gasteiger partial charge on any atom is 0.231 e. The molecule has 98 valence electrons. The Morgan fingerprint density at radius 1 is 1.28 bits per heavy atom. The first-order valence-electron chi connectivity index (χ1n) is 6.52. The molecular weight excluding hydrogens is 226 g/mol. The molecule has 4 nitrogen and oxygen atoms in total. The van der Waals surface area contributed by atoms with Crippen molar-refractivity contribution in [3.8, 4) is 0 Å². The van der Waals surface area contributed by atoms with E-state index in [4.69, 9.17) is 11.5 Å². The smallest absolute Gasteiger partial charge is 0.231 e. The first-order chi connectivity index (χ1) is 8.66. The molecule has 1 saturated heterocycles. The molecule has 1 unspecified atom stereocenters. The van der Waals surface area contributed by atoms with Crippen LogP contribution in [0.1, 0.15) is 30.7 Å². The van der Waals surface area contributed by atoms with E-state index in [1.807, 2.05) is 18.2 Å². The summed E-state index contributed by atoms with van der Waals surface area (Å²) in [6.45, 7) is 2.24. The number of nitrogen functional groups attached to an aromatic ring is 1. The van der Waals surface area contributed by atoms with Crippen molar-refractivity contribution in [2.45, 2.75) is 25.2 Å². The summed E-state index contributed by atoms with van der Waals surface area (Å²) < 4.78 is 0. The second-order valence-corrected chi connectivity index (χ2v) is 5.00. The topological polar surface area (TPSA) is 72.4 Å². The van der Waals surface area contributed by atoms with Crippen LogP contribution in [0.25, 0.3) is 0 Å². The molecule has 1 aromatic carbocycles. The Bertz CT molecular complexity index is 419. The van der Waals surface area contributed by atoms with E-state index >= 15 is 0 Å². The van der Waals surface area contributed by atoms with Gasteiger partial charge in [0.15, 0.2) is 0 Å². The van der Waals surface area contributed by atoms with Crippen molar-refractivity contribution in [1.29, 1.82) is 0 Å². The van der Waals surface area contributed by atoms with Gasteiger partial charge in [0.05, 0.1) is 6.54 Å². The summed E-state index contributed by atoms with van der Waals surface area (Å²) in [6.07, 6.45) is 3.26. The van der Waals surface area contributed by atoms with E-state index in [1.165, 1.54) is 5.56 Å². The number of hydrogen-bond acceptors (Lipinski definition) is 3. The van der Waals surface area contributed by atoms with Gasteiger partial charge in [0.1, 0.15) is 0 Å². The van der Waals surface area contributed by atoms with Crippen molar-refractivity contribution >= 4 is 11.6 Å². The molecule has 0 radical (unpaired) electrons. The fourth-order valence-electron chi connectivity index (χ4n) is 2.73. The first kappa shape index (κ1) is 12.9. The number of nitrogens with zero attached hydrogens (tertiary/aromatic N) is 1. The van der Waals surface area contributed by atoms with Crippen molar-refractivity contribution in [3.63, 3.8) is 0 Å². The van der Waals surface area contributed by atoms with E-state index in [-0.39, 0.29) is 5.91 Å². The SMILES string of the molecule is NC(=O)CN1CCCC(c2ccccc2N)CC1. The van der Waals surface area contributed by atoms with Crippen LogP contribution in [0.3, 0.4) is 0 Å². The molecule has 1 aliphatic rings. The Balaban J connectivity index is 2.01. The fourth-order valence-corrected chi connectivity index (χ4v) is 2.73. The molecular formula is C14H21N3O. The third-order valence-electron chi connectivity index (χ3n) is 3.64. The number of amides is 1. The predicted octanol–water partition coefficient (Wildman–Crippen LogP) is 1.32. The van der Waals surface area contributed by atoms with Crippen molar-refractivity contribution < 1.29 is 4.79 Å². The number of primary amides is 1. The monoisotopic (exact) mass is 247 g/mol. The zero-order valence-corrected chi connectivity index (χ0v) is 10.6. The van der Waals surface area contributed by atoms with E-state index in [0.717, 1.165) is 38.0 Å². The average Bonchev–Trinajstić information content (AvgIpc) is 2.55. The maximum absolute atomic E-state index is 10.9. The second-order valence-electron chi connectivity index (χ2n) is 5.00. The van der Waals surface area contributed by atoms with Crippen LogP contribution >= 0.6 is 0 Å². The Morgan fingerprint density at radius 3 is 2.78 bits per heavy atom. The highest BCUT2D eigenvalue weighted by Gasteiger charge is 2.20. The molecule has 1 amide bonds. The second kappa shape index (κ2) is 5.87. The van der Waals surface area contributed by atoms with Crippen LogP contribution in [0.15, 0.2) is 24.3 Å². The minimum absolute atomic E-state index is 0.243. The van der Waals surface area contributed by atoms with Crippen molar-refractivity contribution in [1.82, 2.24) is 4.90 Å². The van der Waals surface area contributed by atoms with Gasteiger partial charge in [-0.05, 0) is 49.9 Å². The lowest BCUT2D eigenvalue weighted by Crippen LogP contribution is -2.34. The van der Waals surface area contributed by atoms with Crippen molar-refractivity contribution in [2.24, 2.45) is 5.73 Å².